The third-order valence-electron chi connectivity index (χ3n) is 2.84. The smallest absolute Gasteiger partial charge is 0.00164 e. The van der Waals surface area contributed by atoms with Crippen LogP contribution in [0.3, 0.4) is 0 Å². The number of rotatable bonds is 6. The summed E-state index contributed by atoms with van der Waals surface area (Å²) in [5, 5.41) is 0. The summed E-state index contributed by atoms with van der Waals surface area (Å²) < 4.78 is 0. The molecule has 0 amide bonds. The summed E-state index contributed by atoms with van der Waals surface area (Å²) in [6.07, 6.45) is 2.50. The minimum atomic E-state index is 0.374. The van der Waals surface area contributed by atoms with Crippen molar-refractivity contribution >= 4 is 12.6 Å². The number of nitrogens with zero attached hydrogens (tertiary/aromatic N) is 1. The fraction of sp³-hybridized carbons (Fsp3) is 1.00. The van der Waals surface area contributed by atoms with Gasteiger partial charge >= 0.3 is 0 Å². The minimum Gasteiger partial charge on any atom is -0.306 e. The van der Waals surface area contributed by atoms with Crippen molar-refractivity contribution in [2.24, 2.45) is 10.8 Å². The highest BCUT2D eigenvalue weighted by atomic mass is 32.1. The van der Waals surface area contributed by atoms with Gasteiger partial charge < -0.3 is 4.90 Å². The van der Waals surface area contributed by atoms with Crippen LogP contribution in [0.1, 0.15) is 47.5 Å². The summed E-state index contributed by atoms with van der Waals surface area (Å²) in [6.45, 7) is 13.9. The van der Waals surface area contributed by atoms with Crippen molar-refractivity contribution in [2.75, 3.05) is 25.9 Å². The molecule has 0 aromatic carbocycles. The zero-order valence-corrected chi connectivity index (χ0v) is 12.3. The Morgan fingerprint density at radius 2 is 1.40 bits per heavy atom. The van der Waals surface area contributed by atoms with E-state index in [1.807, 2.05) is 0 Å². The zero-order chi connectivity index (χ0) is 12.1. The number of hydrogen-bond donors (Lipinski definition) is 1. The molecule has 0 aliphatic carbocycles. The fourth-order valence-corrected chi connectivity index (χ4v) is 1.37. The van der Waals surface area contributed by atoms with Crippen LogP contribution in [-0.4, -0.2) is 30.8 Å². The van der Waals surface area contributed by atoms with E-state index in [1.165, 1.54) is 25.9 Å². The third-order valence-corrected chi connectivity index (χ3v) is 3.70. The molecule has 0 aliphatic heterocycles. The maximum Gasteiger partial charge on any atom is -0.00164 e. The van der Waals surface area contributed by atoms with Gasteiger partial charge in [0.15, 0.2) is 0 Å². The number of hydrogen-bond acceptors (Lipinski definition) is 2. The molecular formula is C13H29NS. The first-order chi connectivity index (χ1) is 6.66. The van der Waals surface area contributed by atoms with Crippen LogP contribution >= 0.6 is 12.6 Å². The van der Waals surface area contributed by atoms with Crippen molar-refractivity contribution in [1.29, 1.82) is 0 Å². The Balaban J connectivity index is 3.71. The van der Waals surface area contributed by atoms with Gasteiger partial charge in [-0.25, -0.2) is 0 Å². The van der Waals surface area contributed by atoms with Gasteiger partial charge in [-0.1, -0.05) is 34.6 Å². The van der Waals surface area contributed by atoms with E-state index in [2.05, 4.69) is 59.2 Å². The Hall–Kier alpha value is 0.310. The quantitative estimate of drug-likeness (QED) is 0.682. The van der Waals surface area contributed by atoms with Gasteiger partial charge in [0.25, 0.3) is 0 Å². The van der Waals surface area contributed by atoms with E-state index in [0.717, 1.165) is 5.75 Å². The molecule has 0 N–H and O–H groups in total. The van der Waals surface area contributed by atoms with Crippen LogP contribution in [0.25, 0.3) is 0 Å². The predicted octanol–water partition coefficient (Wildman–Crippen LogP) is 3.70. The van der Waals surface area contributed by atoms with E-state index in [1.54, 1.807) is 0 Å². The first-order valence-electron chi connectivity index (χ1n) is 5.96. The van der Waals surface area contributed by atoms with E-state index in [9.17, 15) is 0 Å². The molecule has 0 aromatic heterocycles. The lowest BCUT2D eigenvalue weighted by Gasteiger charge is -2.27. The summed E-state index contributed by atoms with van der Waals surface area (Å²) in [5.74, 6) is 0.972. The molecule has 0 saturated heterocycles. The molecule has 0 spiro atoms. The van der Waals surface area contributed by atoms with Crippen molar-refractivity contribution in [3.63, 3.8) is 0 Å². The summed E-state index contributed by atoms with van der Waals surface area (Å²) in [4.78, 5) is 2.44. The van der Waals surface area contributed by atoms with Gasteiger partial charge in [-0.2, -0.15) is 12.6 Å². The van der Waals surface area contributed by atoms with E-state index in [-0.39, 0.29) is 0 Å². The van der Waals surface area contributed by atoms with E-state index < -0.39 is 0 Å². The Labute approximate surface area is 102 Å². The second-order valence-corrected chi connectivity index (χ2v) is 7.00. The minimum absolute atomic E-state index is 0.374. The van der Waals surface area contributed by atoms with Gasteiger partial charge in [0.1, 0.15) is 0 Å². The average Bonchev–Trinajstić information content (AvgIpc) is 2.10. The zero-order valence-electron chi connectivity index (χ0n) is 11.4. The van der Waals surface area contributed by atoms with E-state index in [4.69, 9.17) is 0 Å². The van der Waals surface area contributed by atoms with Crippen molar-refractivity contribution < 1.29 is 0 Å². The molecule has 0 bridgehead atoms. The summed E-state index contributed by atoms with van der Waals surface area (Å²) in [5.41, 5.74) is 0.826. The molecule has 0 atom stereocenters. The molecule has 0 aromatic rings. The van der Waals surface area contributed by atoms with Crippen molar-refractivity contribution in [3.8, 4) is 0 Å². The van der Waals surface area contributed by atoms with E-state index >= 15 is 0 Å². The highest BCUT2D eigenvalue weighted by Crippen LogP contribution is 2.23. The maximum atomic E-state index is 4.38. The van der Waals surface area contributed by atoms with Crippen molar-refractivity contribution in [3.05, 3.63) is 0 Å². The molecule has 0 radical (unpaired) electrons. The highest BCUT2D eigenvalue weighted by Gasteiger charge is 2.17. The molecular weight excluding hydrogens is 202 g/mol. The molecule has 0 aliphatic rings. The van der Waals surface area contributed by atoms with Crippen LogP contribution in [0.5, 0.6) is 0 Å². The summed E-state index contributed by atoms with van der Waals surface area (Å²) in [7, 11) is 2.22. The van der Waals surface area contributed by atoms with Gasteiger partial charge in [-0.15, -0.1) is 0 Å². The molecule has 0 saturated carbocycles. The molecule has 2 heteroatoms. The maximum absolute atomic E-state index is 4.38. The molecule has 0 rings (SSSR count). The van der Waals surface area contributed by atoms with Crippen molar-refractivity contribution in [2.45, 2.75) is 47.5 Å². The van der Waals surface area contributed by atoms with Gasteiger partial charge in [0.2, 0.25) is 0 Å². The predicted molar refractivity (Wildman–Crippen MR) is 73.8 cm³/mol. The lowest BCUT2D eigenvalue weighted by Crippen LogP contribution is -2.28. The lowest BCUT2D eigenvalue weighted by atomic mass is 9.90. The van der Waals surface area contributed by atoms with E-state index in [0.29, 0.717) is 10.8 Å². The van der Waals surface area contributed by atoms with Gasteiger partial charge in [0, 0.05) is 0 Å². The van der Waals surface area contributed by atoms with Crippen LogP contribution in [0, 0.1) is 10.8 Å². The summed E-state index contributed by atoms with van der Waals surface area (Å²) in [6, 6.07) is 0. The SMILES string of the molecule is CN(CCC(C)(C)C)CCC(C)(C)CS. The standard InChI is InChI=1S/C13H29NS/c1-12(2,3)7-9-14(6)10-8-13(4,5)11-15/h15H,7-11H2,1-6H3. The highest BCUT2D eigenvalue weighted by molar-refractivity contribution is 7.80. The molecule has 15 heavy (non-hydrogen) atoms. The molecule has 0 heterocycles. The van der Waals surface area contributed by atoms with Crippen LogP contribution in [0.2, 0.25) is 0 Å². The summed E-state index contributed by atoms with van der Waals surface area (Å²) >= 11 is 4.38. The molecule has 0 fully saturated rings. The lowest BCUT2D eigenvalue weighted by molar-refractivity contribution is 0.233. The van der Waals surface area contributed by atoms with Crippen LogP contribution in [-0.2, 0) is 0 Å². The van der Waals surface area contributed by atoms with Crippen LogP contribution in [0.15, 0.2) is 0 Å². The topological polar surface area (TPSA) is 3.24 Å². The van der Waals surface area contributed by atoms with Crippen LogP contribution < -0.4 is 0 Å². The molecule has 0 unspecified atom stereocenters. The monoisotopic (exact) mass is 231 g/mol. The first-order valence-corrected chi connectivity index (χ1v) is 6.59. The molecule has 1 nitrogen and oxygen atoms in total. The normalized spacial score (nSPS) is 13.6. The Morgan fingerprint density at radius 3 is 1.80 bits per heavy atom. The van der Waals surface area contributed by atoms with Gasteiger partial charge in [-0.05, 0) is 49.6 Å². The average molecular weight is 231 g/mol. The largest absolute Gasteiger partial charge is 0.306 e. The second kappa shape index (κ2) is 6.15. The first kappa shape index (κ1) is 15.3. The molecule has 92 valence electrons. The number of thiol groups is 1. The fourth-order valence-electron chi connectivity index (χ4n) is 1.21. The van der Waals surface area contributed by atoms with Crippen molar-refractivity contribution in [1.82, 2.24) is 4.90 Å². The Morgan fingerprint density at radius 1 is 0.933 bits per heavy atom. The second-order valence-electron chi connectivity index (χ2n) is 6.69. The van der Waals surface area contributed by atoms with Gasteiger partial charge in [-0.3, -0.25) is 0 Å². The Kier molecular flexibility index (Phi) is 6.27. The van der Waals surface area contributed by atoms with Crippen LogP contribution in [0.4, 0.5) is 0 Å². The third kappa shape index (κ3) is 9.25. The Bertz CT molecular complexity index is 170. The van der Waals surface area contributed by atoms with Gasteiger partial charge in [0.05, 0.1) is 0 Å².